The molecule has 7 nitrogen and oxygen atoms in total. The van der Waals surface area contributed by atoms with Crippen molar-refractivity contribution in [3.05, 3.63) is 31.8 Å². The molecule has 10 heteroatoms. The molecule has 0 atom stereocenters. The highest BCUT2D eigenvalue weighted by Gasteiger charge is 2.23. The Morgan fingerprint density at radius 3 is 2.47 bits per heavy atom. The normalized spacial score (nSPS) is 11.2. The predicted molar refractivity (Wildman–Crippen MR) is 132 cm³/mol. The number of nitrogens with one attached hydrogen (secondary N) is 1. The van der Waals surface area contributed by atoms with Crippen molar-refractivity contribution in [1.29, 1.82) is 0 Å². The average molecular weight is 493 g/mol. The summed E-state index contributed by atoms with van der Waals surface area (Å²) in [5.41, 5.74) is 3.55. The van der Waals surface area contributed by atoms with Crippen LogP contribution in [0.3, 0.4) is 0 Å². The quantitative estimate of drug-likeness (QED) is 0.316. The van der Waals surface area contributed by atoms with Gasteiger partial charge >= 0.3 is 5.97 Å². The van der Waals surface area contributed by atoms with E-state index in [1.165, 1.54) is 33.5 Å². The topological polar surface area (TPSA) is 86.1 Å². The van der Waals surface area contributed by atoms with Crippen molar-refractivity contribution in [2.45, 2.75) is 59.7 Å². The fourth-order valence-corrected chi connectivity index (χ4v) is 6.01. The highest BCUT2D eigenvalue weighted by Crippen LogP contribution is 2.35. The Kier molecular flexibility index (Phi) is 7.79. The molecule has 3 aromatic rings. The summed E-state index contributed by atoms with van der Waals surface area (Å²) in [4.78, 5) is 27.3. The van der Waals surface area contributed by atoms with Crippen LogP contribution in [0.4, 0.5) is 5.00 Å². The van der Waals surface area contributed by atoms with E-state index in [2.05, 4.69) is 53.2 Å². The minimum absolute atomic E-state index is 0.142. The molecule has 0 radical (unpaired) electrons. The summed E-state index contributed by atoms with van der Waals surface area (Å²) in [5.74, 6) is 0.357. The molecule has 0 fully saturated rings. The molecule has 3 heterocycles. The highest BCUT2D eigenvalue weighted by molar-refractivity contribution is 7.99. The molecule has 3 aromatic heterocycles. The Morgan fingerprint density at radius 1 is 1.16 bits per heavy atom. The Labute approximate surface area is 200 Å². The Balaban J connectivity index is 1.77. The third-order valence-corrected chi connectivity index (χ3v) is 8.24. The third-order valence-electron chi connectivity index (χ3n) is 5.16. The molecule has 0 aliphatic carbocycles. The van der Waals surface area contributed by atoms with Gasteiger partial charge in [0, 0.05) is 26.7 Å². The molecule has 0 unspecified atom stereocenters. The van der Waals surface area contributed by atoms with E-state index < -0.39 is 5.97 Å². The van der Waals surface area contributed by atoms with Crippen LogP contribution >= 0.6 is 34.4 Å². The number of anilines is 1. The molecular formula is C22H28N4O3S3. The van der Waals surface area contributed by atoms with Crippen LogP contribution in [0.25, 0.3) is 11.4 Å². The van der Waals surface area contributed by atoms with E-state index in [9.17, 15) is 9.59 Å². The van der Waals surface area contributed by atoms with E-state index in [0.29, 0.717) is 15.7 Å². The maximum atomic E-state index is 12.7. The summed E-state index contributed by atoms with van der Waals surface area (Å²) in [6, 6.07) is 0.142. The molecule has 0 saturated heterocycles. The average Bonchev–Trinajstić information content (AvgIpc) is 3.37. The zero-order chi connectivity index (χ0) is 23.6. The number of carbonyl (C=O) groups excluding carboxylic acids is 2. The van der Waals surface area contributed by atoms with Gasteiger partial charge in [-0.25, -0.2) is 4.79 Å². The van der Waals surface area contributed by atoms with Gasteiger partial charge in [-0.2, -0.15) is 0 Å². The summed E-state index contributed by atoms with van der Waals surface area (Å²) in [5, 5.41) is 15.0. The minimum Gasteiger partial charge on any atom is -0.462 e. The van der Waals surface area contributed by atoms with Crippen molar-refractivity contribution in [1.82, 2.24) is 14.8 Å². The first-order valence-electron chi connectivity index (χ1n) is 10.3. The lowest BCUT2D eigenvalue weighted by Crippen LogP contribution is -2.17. The number of hydrogen-bond donors (Lipinski definition) is 1. The van der Waals surface area contributed by atoms with Gasteiger partial charge in [-0.05, 0) is 59.6 Å². The zero-order valence-corrected chi connectivity index (χ0v) is 21.8. The lowest BCUT2D eigenvalue weighted by atomic mass is 10.1. The van der Waals surface area contributed by atoms with Gasteiger partial charge in [0.2, 0.25) is 5.91 Å². The SMILES string of the molecule is CCOC(=O)c1c(NC(=O)CSc2nnc(-c3csc(C)c3C)n2C(C)C)sc(C)c1C. The van der Waals surface area contributed by atoms with E-state index >= 15 is 0 Å². The summed E-state index contributed by atoms with van der Waals surface area (Å²) in [7, 11) is 0. The van der Waals surface area contributed by atoms with Crippen molar-refractivity contribution in [2.75, 3.05) is 17.7 Å². The van der Waals surface area contributed by atoms with Gasteiger partial charge in [-0.15, -0.1) is 32.9 Å². The number of ether oxygens (including phenoxy) is 1. The van der Waals surface area contributed by atoms with Crippen LogP contribution in [0.15, 0.2) is 10.5 Å². The number of thiophene rings is 2. The van der Waals surface area contributed by atoms with Crippen molar-refractivity contribution >= 4 is 51.3 Å². The van der Waals surface area contributed by atoms with Gasteiger partial charge in [-0.3, -0.25) is 9.36 Å². The van der Waals surface area contributed by atoms with Crippen LogP contribution in [0.2, 0.25) is 0 Å². The molecule has 0 saturated carbocycles. The molecule has 172 valence electrons. The van der Waals surface area contributed by atoms with Gasteiger partial charge in [0.1, 0.15) is 5.00 Å². The van der Waals surface area contributed by atoms with Crippen molar-refractivity contribution in [3.8, 4) is 11.4 Å². The number of nitrogens with zero attached hydrogens (tertiary/aromatic N) is 3. The van der Waals surface area contributed by atoms with Crippen molar-refractivity contribution < 1.29 is 14.3 Å². The number of hydrogen-bond acceptors (Lipinski definition) is 8. The summed E-state index contributed by atoms with van der Waals surface area (Å²) in [6.07, 6.45) is 0. The van der Waals surface area contributed by atoms with Crippen LogP contribution in [0.5, 0.6) is 0 Å². The number of carbonyl (C=O) groups is 2. The Hall–Kier alpha value is -2.17. The monoisotopic (exact) mass is 492 g/mol. The second-order valence-electron chi connectivity index (χ2n) is 7.65. The molecule has 0 aliphatic rings. The lowest BCUT2D eigenvalue weighted by Gasteiger charge is -2.13. The molecule has 1 amide bonds. The number of rotatable bonds is 8. The smallest absolute Gasteiger partial charge is 0.341 e. The molecule has 3 rings (SSSR count). The minimum atomic E-state index is -0.414. The Morgan fingerprint density at radius 2 is 1.88 bits per heavy atom. The standard InChI is InChI=1S/C22H28N4O3S3/c1-8-29-21(28)18-13(5)15(7)32-20(18)23-17(27)10-31-22-25-24-19(26(22)11(2)3)16-9-30-14(6)12(16)4/h9,11H,8,10H2,1-7H3,(H,23,27). The van der Waals surface area contributed by atoms with E-state index in [4.69, 9.17) is 4.74 Å². The second-order valence-corrected chi connectivity index (χ2v) is 10.9. The largest absolute Gasteiger partial charge is 0.462 e. The number of aromatic nitrogens is 3. The van der Waals surface area contributed by atoms with Gasteiger partial charge < -0.3 is 10.1 Å². The Bertz CT molecular complexity index is 1140. The summed E-state index contributed by atoms with van der Waals surface area (Å²) >= 11 is 4.42. The number of amides is 1. The zero-order valence-electron chi connectivity index (χ0n) is 19.4. The molecule has 0 bridgehead atoms. The second kappa shape index (κ2) is 10.2. The summed E-state index contributed by atoms with van der Waals surface area (Å²) in [6.45, 7) is 14.2. The molecule has 32 heavy (non-hydrogen) atoms. The van der Waals surface area contributed by atoms with E-state index in [-0.39, 0.29) is 24.3 Å². The number of thioether (sulfide) groups is 1. The maximum absolute atomic E-state index is 12.7. The molecular weight excluding hydrogens is 464 g/mol. The van der Waals surface area contributed by atoms with Crippen molar-refractivity contribution in [3.63, 3.8) is 0 Å². The lowest BCUT2D eigenvalue weighted by molar-refractivity contribution is -0.113. The van der Waals surface area contributed by atoms with Gasteiger partial charge in [0.25, 0.3) is 0 Å². The van der Waals surface area contributed by atoms with Crippen molar-refractivity contribution in [2.24, 2.45) is 0 Å². The van der Waals surface area contributed by atoms with Crippen LogP contribution in [-0.2, 0) is 9.53 Å². The van der Waals surface area contributed by atoms with Crippen LogP contribution < -0.4 is 5.32 Å². The van der Waals surface area contributed by atoms with Gasteiger partial charge in [0.15, 0.2) is 11.0 Å². The van der Waals surface area contributed by atoms with E-state index in [1.807, 2.05) is 13.8 Å². The van der Waals surface area contributed by atoms with Crippen LogP contribution in [0.1, 0.15) is 58.1 Å². The first-order valence-corrected chi connectivity index (χ1v) is 13.0. The molecule has 0 aliphatic heterocycles. The molecule has 0 aromatic carbocycles. The van der Waals surface area contributed by atoms with E-state index in [0.717, 1.165) is 21.8 Å². The first-order chi connectivity index (χ1) is 15.1. The maximum Gasteiger partial charge on any atom is 0.341 e. The number of esters is 1. The highest BCUT2D eigenvalue weighted by atomic mass is 32.2. The third kappa shape index (κ3) is 4.92. The number of aryl methyl sites for hydroxylation is 2. The van der Waals surface area contributed by atoms with Crippen LogP contribution in [0, 0.1) is 27.7 Å². The fourth-order valence-electron chi connectivity index (χ4n) is 3.22. The van der Waals surface area contributed by atoms with Gasteiger partial charge in [-0.1, -0.05) is 11.8 Å². The molecule has 0 spiro atoms. The summed E-state index contributed by atoms with van der Waals surface area (Å²) < 4.78 is 7.23. The van der Waals surface area contributed by atoms with E-state index in [1.54, 1.807) is 18.3 Å². The molecule has 1 N–H and O–H groups in total. The van der Waals surface area contributed by atoms with Gasteiger partial charge in [0.05, 0.1) is 17.9 Å². The predicted octanol–water partition coefficient (Wildman–Crippen LogP) is 5.79. The first kappa shape index (κ1) is 24.5. The van der Waals surface area contributed by atoms with Crippen LogP contribution in [-0.4, -0.2) is 39.0 Å². The fraction of sp³-hybridized carbons (Fsp3) is 0.455.